The Morgan fingerprint density at radius 1 is 0.919 bits per heavy atom. The van der Waals surface area contributed by atoms with E-state index in [1.807, 2.05) is 43.3 Å². The van der Waals surface area contributed by atoms with Crippen molar-refractivity contribution in [3.05, 3.63) is 60.7 Å². The number of benzene rings is 2. The number of ketones is 1. The molecule has 2 aromatic carbocycles. The van der Waals surface area contributed by atoms with Crippen molar-refractivity contribution in [2.45, 2.75) is 89.4 Å². The lowest BCUT2D eigenvalue weighted by Gasteiger charge is -2.45. The molecule has 2 aromatic rings. The molecule has 0 saturated heterocycles. The summed E-state index contributed by atoms with van der Waals surface area (Å²) in [6.07, 6.45) is -0.727. The molecule has 7 heteroatoms. The van der Waals surface area contributed by atoms with Gasteiger partial charge in [0, 0.05) is 18.9 Å². The highest BCUT2D eigenvalue weighted by Crippen LogP contribution is 2.38. The van der Waals surface area contributed by atoms with Crippen LogP contribution < -0.4 is 10.4 Å². The lowest BCUT2D eigenvalue weighted by Crippen LogP contribution is -2.67. The van der Waals surface area contributed by atoms with Crippen LogP contribution in [0.25, 0.3) is 0 Å². The van der Waals surface area contributed by atoms with E-state index in [-0.39, 0.29) is 17.6 Å². The number of terminal acetylenes is 1. The van der Waals surface area contributed by atoms with Crippen molar-refractivity contribution in [2.24, 2.45) is 5.92 Å². The normalized spacial score (nSPS) is 17.2. The van der Waals surface area contributed by atoms with Crippen molar-refractivity contribution < 1.29 is 29.6 Å². The van der Waals surface area contributed by atoms with Crippen LogP contribution in [0.1, 0.15) is 53.9 Å². The van der Waals surface area contributed by atoms with E-state index in [0.717, 1.165) is 10.4 Å². The molecule has 6 atom stereocenters. The summed E-state index contributed by atoms with van der Waals surface area (Å²) in [4.78, 5) is 12.5. The van der Waals surface area contributed by atoms with Crippen LogP contribution in [0, 0.1) is 18.3 Å². The maximum absolute atomic E-state index is 12.5. The summed E-state index contributed by atoms with van der Waals surface area (Å²) in [7, 11) is -2.79. The zero-order valence-electron chi connectivity index (χ0n) is 22.5. The summed E-state index contributed by atoms with van der Waals surface area (Å²) < 4.78 is 7.03. The topological polar surface area (TPSA) is 107 Å². The average Bonchev–Trinajstić information content (AvgIpc) is 2.86. The van der Waals surface area contributed by atoms with Gasteiger partial charge in [0.2, 0.25) is 0 Å². The molecular weight excluding hydrogens is 484 g/mol. The summed E-state index contributed by atoms with van der Waals surface area (Å²) in [5.74, 6) is 0.920. The number of aliphatic hydroxyl groups excluding tert-OH is 4. The third kappa shape index (κ3) is 7.84. The van der Waals surface area contributed by atoms with Crippen LogP contribution in [0.4, 0.5) is 0 Å². The Labute approximate surface area is 222 Å². The number of hydrogen-bond donors (Lipinski definition) is 4. The van der Waals surface area contributed by atoms with Crippen molar-refractivity contribution >= 4 is 24.5 Å². The van der Waals surface area contributed by atoms with Gasteiger partial charge in [0.1, 0.15) is 12.2 Å². The summed E-state index contributed by atoms with van der Waals surface area (Å²) in [6.45, 7) is 10.3. The molecule has 4 N–H and O–H groups in total. The molecule has 0 aliphatic carbocycles. The van der Waals surface area contributed by atoms with Crippen molar-refractivity contribution in [3.8, 4) is 12.3 Å². The van der Waals surface area contributed by atoms with Gasteiger partial charge in [-0.05, 0) is 34.7 Å². The van der Waals surface area contributed by atoms with Gasteiger partial charge in [-0.3, -0.25) is 4.79 Å². The number of aliphatic hydroxyl groups is 4. The molecular formula is C30H42O6Si. The second-order valence-corrected chi connectivity index (χ2v) is 15.2. The maximum atomic E-state index is 12.5. The molecule has 0 aliphatic heterocycles. The molecule has 2 rings (SSSR count). The Morgan fingerprint density at radius 2 is 1.41 bits per heavy atom. The van der Waals surface area contributed by atoms with Crippen LogP contribution in [-0.2, 0) is 9.22 Å². The largest absolute Gasteiger partial charge is 0.405 e. The fraction of sp³-hybridized carbons (Fsp3) is 0.500. The van der Waals surface area contributed by atoms with Crippen LogP contribution in [0.3, 0.4) is 0 Å². The Bertz CT molecular complexity index is 974. The third-order valence-electron chi connectivity index (χ3n) is 6.86. The highest BCUT2D eigenvalue weighted by atomic mass is 28.4. The molecule has 0 spiro atoms. The average molecular weight is 527 g/mol. The molecule has 0 aromatic heterocycles. The molecule has 0 heterocycles. The smallest absolute Gasteiger partial charge is 0.261 e. The Morgan fingerprint density at radius 3 is 1.84 bits per heavy atom. The summed E-state index contributed by atoms with van der Waals surface area (Å²) in [5.41, 5.74) is 0. The minimum Gasteiger partial charge on any atom is -0.405 e. The van der Waals surface area contributed by atoms with Gasteiger partial charge in [0.15, 0.2) is 5.78 Å². The molecule has 0 unspecified atom stereocenters. The van der Waals surface area contributed by atoms with Gasteiger partial charge in [-0.2, -0.15) is 0 Å². The first-order valence-electron chi connectivity index (χ1n) is 12.8. The zero-order valence-corrected chi connectivity index (χ0v) is 23.5. The van der Waals surface area contributed by atoms with Gasteiger partial charge in [0.05, 0.1) is 12.2 Å². The van der Waals surface area contributed by atoms with E-state index in [1.54, 1.807) is 6.92 Å². The maximum Gasteiger partial charge on any atom is 0.261 e. The van der Waals surface area contributed by atoms with Crippen LogP contribution >= 0.6 is 0 Å². The molecule has 0 radical (unpaired) electrons. The minimum atomic E-state index is -2.79. The second kappa shape index (κ2) is 13.5. The Kier molecular flexibility index (Phi) is 11.3. The highest BCUT2D eigenvalue weighted by molar-refractivity contribution is 6.99. The Balaban J connectivity index is 2.22. The van der Waals surface area contributed by atoms with Gasteiger partial charge < -0.3 is 24.9 Å². The number of carbonyl (C=O) groups excluding carboxylic acids is 1. The lowest BCUT2D eigenvalue weighted by atomic mass is 9.90. The van der Waals surface area contributed by atoms with Gasteiger partial charge >= 0.3 is 0 Å². The molecule has 0 fully saturated rings. The third-order valence-corrected chi connectivity index (χ3v) is 12.0. The van der Waals surface area contributed by atoms with Gasteiger partial charge in [-0.1, -0.05) is 94.3 Å². The van der Waals surface area contributed by atoms with Crippen molar-refractivity contribution in [2.75, 3.05) is 0 Å². The predicted molar refractivity (Wildman–Crippen MR) is 149 cm³/mol. The fourth-order valence-corrected chi connectivity index (χ4v) is 9.68. The Hall–Kier alpha value is -2.31. The van der Waals surface area contributed by atoms with Gasteiger partial charge in [0.25, 0.3) is 8.32 Å². The standard InChI is InChI=1S/C30H42O6Si/c1-7-23(31)19-24(32)20-27(33)29(35)28(34)21(2)18-22(3)36-37(30(4,5)6,25-14-10-8-11-15-25)26-16-12-9-13-17-26/h1,8-17,21-24,28-29,31-32,34-35H,18-20H2,2-6H3/t21-,22+,23+,24+,28+,29+/m1/s1. The number of rotatable bonds is 13. The quantitative estimate of drug-likeness (QED) is 0.236. The predicted octanol–water partition coefficient (Wildman–Crippen LogP) is 2.40. The minimum absolute atomic E-state index is 0.177. The molecule has 202 valence electrons. The summed E-state index contributed by atoms with van der Waals surface area (Å²) in [5, 5.41) is 42.8. The van der Waals surface area contributed by atoms with Crippen LogP contribution in [0.5, 0.6) is 0 Å². The first-order valence-corrected chi connectivity index (χ1v) is 14.7. The van der Waals surface area contributed by atoms with E-state index in [9.17, 15) is 25.2 Å². The van der Waals surface area contributed by atoms with Crippen molar-refractivity contribution in [1.29, 1.82) is 0 Å². The molecule has 0 saturated carbocycles. The second-order valence-electron chi connectivity index (χ2n) is 11.0. The molecule has 0 bridgehead atoms. The van der Waals surface area contributed by atoms with Crippen molar-refractivity contribution in [3.63, 3.8) is 0 Å². The molecule has 6 nitrogen and oxygen atoms in total. The van der Waals surface area contributed by atoms with Gasteiger partial charge in [-0.15, -0.1) is 6.42 Å². The van der Waals surface area contributed by atoms with E-state index in [1.165, 1.54) is 0 Å². The van der Waals surface area contributed by atoms with Crippen LogP contribution in [0.2, 0.25) is 5.04 Å². The van der Waals surface area contributed by atoms with E-state index in [2.05, 4.69) is 51.0 Å². The summed E-state index contributed by atoms with van der Waals surface area (Å²) in [6, 6.07) is 20.5. The number of Topliss-reactive ketones (excluding diaryl/α,β-unsaturated/α-hetero) is 1. The number of carbonyl (C=O) groups is 1. The zero-order chi connectivity index (χ0) is 27.8. The van der Waals surface area contributed by atoms with E-state index >= 15 is 0 Å². The van der Waals surface area contributed by atoms with E-state index in [0.29, 0.717) is 6.42 Å². The monoisotopic (exact) mass is 526 g/mol. The van der Waals surface area contributed by atoms with Crippen LogP contribution in [0.15, 0.2) is 60.7 Å². The van der Waals surface area contributed by atoms with Crippen molar-refractivity contribution in [1.82, 2.24) is 0 Å². The SMILES string of the molecule is C#C[C@H](O)C[C@H](O)CC(=O)[C@H](O)[C@@H](O)[C@H](C)C[C@H](C)O[Si](c1ccccc1)(c1ccccc1)C(C)(C)C. The molecule has 0 amide bonds. The first-order chi connectivity index (χ1) is 17.3. The first kappa shape index (κ1) is 30.9. The number of hydrogen-bond acceptors (Lipinski definition) is 6. The fourth-order valence-electron chi connectivity index (χ4n) is 4.97. The van der Waals surface area contributed by atoms with Crippen LogP contribution in [-0.4, -0.2) is 65.0 Å². The molecule has 0 aliphatic rings. The van der Waals surface area contributed by atoms with E-state index in [4.69, 9.17) is 10.8 Å². The van der Waals surface area contributed by atoms with E-state index < -0.39 is 50.9 Å². The lowest BCUT2D eigenvalue weighted by molar-refractivity contribution is -0.137. The summed E-state index contributed by atoms with van der Waals surface area (Å²) >= 11 is 0. The highest BCUT2D eigenvalue weighted by Gasteiger charge is 2.51. The van der Waals surface area contributed by atoms with Gasteiger partial charge in [-0.25, -0.2) is 0 Å². The molecule has 37 heavy (non-hydrogen) atoms.